The Morgan fingerprint density at radius 2 is 2.09 bits per heavy atom. The number of likely N-dealkylation sites (N-methyl/N-ethyl adjacent to an activating group) is 1. The number of hydrogen-bond donors (Lipinski definition) is 2. The molecule has 0 radical (unpaired) electrons. The minimum Gasteiger partial charge on any atom is -0.356 e. The minimum atomic E-state index is 0.906. The second-order valence-electron chi connectivity index (χ2n) is 5.75. The van der Waals surface area contributed by atoms with Crippen LogP contribution < -0.4 is 10.6 Å². The van der Waals surface area contributed by atoms with E-state index in [0.717, 1.165) is 32.0 Å². The first-order valence-electron chi connectivity index (χ1n) is 8.16. The standard InChI is InChI=1S/C16H29N5S/c1-17-16(18-7-6-15-5-3-14-22-15)19-8-11-21-10-4-9-20(2)12-13-21/h3,5,14H,4,6-13H2,1-2H3,(H2,17,18,19). The second kappa shape index (κ2) is 9.82. The number of nitrogens with zero attached hydrogens (tertiary/aromatic N) is 3. The van der Waals surface area contributed by atoms with Crippen molar-refractivity contribution in [1.82, 2.24) is 20.4 Å². The fraction of sp³-hybridized carbons (Fsp3) is 0.688. The van der Waals surface area contributed by atoms with Gasteiger partial charge in [0.2, 0.25) is 0 Å². The van der Waals surface area contributed by atoms with E-state index in [1.807, 2.05) is 18.4 Å². The van der Waals surface area contributed by atoms with E-state index in [4.69, 9.17) is 0 Å². The van der Waals surface area contributed by atoms with Gasteiger partial charge in [-0.2, -0.15) is 0 Å². The summed E-state index contributed by atoms with van der Waals surface area (Å²) in [5.41, 5.74) is 0. The molecule has 0 amide bonds. The zero-order valence-electron chi connectivity index (χ0n) is 13.8. The van der Waals surface area contributed by atoms with E-state index < -0.39 is 0 Å². The molecule has 1 saturated heterocycles. The second-order valence-corrected chi connectivity index (χ2v) is 6.79. The van der Waals surface area contributed by atoms with Crippen LogP contribution >= 0.6 is 11.3 Å². The molecule has 0 saturated carbocycles. The lowest BCUT2D eigenvalue weighted by molar-refractivity contribution is 0.280. The molecule has 2 N–H and O–H groups in total. The van der Waals surface area contributed by atoms with Gasteiger partial charge in [-0.05, 0) is 44.4 Å². The molecule has 1 aromatic heterocycles. The van der Waals surface area contributed by atoms with E-state index in [-0.39, 0.29) is 0 Å². The fourth-order valence-corrected chi connectivity index (χ4v) is 3.34. The zero-order valence-corrected chi connectivity index (χ0v) is 14.7. The van der Waals surface area contributed by atoms with Gasteiger partial charge in [0.25, 0.3) is 0 Å². The van der Waals surface area contributed by atoms with Gasteiger partial charge in [-0.3, -0.25) is 4.99 Å². The Morgan fingerprint density at radius 1 is 1.23 bits per heavy atom. The highest BCUT2D eigenvalue weighted by Crippen LogP contribution is 2.07. The monoisotopic (exact) mass is 323 g/mol. The molecular weight excluding hydrogens is 294 g/mol. The lowest BCUT2D eigenvalue weighted by Crippen LogP contribution is -2.42. The normalized spacial score (nSPS) is 18.2. The lowest BCUT2D eigenvalue weighted by atomic mass is 10.3. The Balaban J connectivity index is 1.59. The van der Waals surface area contributed by atoms with E-state index in [1.165, 1.54) is 37.5 Å². The molecule has 2 heterocycles. The molecule has 22 heavy (non-hydrogen) atoms. The van der Waals surface area contributed by atoms with Gasteiger partial charge in [-0.1, -0.05) is 6.07 Å². The van der Waals surface area contributed by atoms with Crippen molar-refractivity contribution < 1.29 is 0 Å². The highest BCUT2D eigenvalue weighted by molar-refractivity contribution is 7.09. The highest BCUT2D eigenvalue weighted by Gasteiger charge is 2.11. The van der Waals surface area contributed by atoms with Gasteiger partial charge >= 0.3 is 0 Å². The Hall–Kier alpha value is -1.11. The molecule has 2 rings (SSSR count). The first kappa shape index (κ1) is 17.2. The van der Waals surface area contributed by atoms with Gasteiger partial charge in [0, 0.05) is 44.6 Å². The summed E-state index contributed by atoms with van der Waals surface area (Å²) in [7, 11) is 4.04. The Labute approximate surface area is 138 Å². The topological polar surface area (TPSA) is 42.9 Å². The summed E-state index contributed by atoms with van der Waals surface area (Å²) in [6.07, 6.45) is 2.32. The Morgan fingerprint density at radius 3 is 2.86 bits per heavy atom. The summed E-state index contributed by atoms with van der Waals surface area (Å²) in [6, 6.07) is 4.28. The zero-order chi connectivity index (χ0) is 15.6. The fourth-order valence-electron chi connectivity index (χ4n) is 2.64. The molecule has 0 aromatic carbocycles. The van der Waals surface area contributed by atoms with E-state index in [2.05, 4.69) is 50.0 Å². The Kier molecular flexibility index (Phi) is 7.70. The summed E-state index contributed by atoms with van der Waals surface area (Å²) < 4.78 is 0. The third kappa shape index (κ3) is 6.34. The van der Waals surface area contributed by atoms with Crippen molar-refractivity contribution >= 4 is 17.3 Å². The van der Waals surface area contributed by atoms with Gasteiger partial charge in [0.05, 0.1) is 0 Å². The van der Waals surface area contributed by atoms with Crippen LogP contribution in [0.25, 0.3) is 0 Å². The Bertz CT molecular complexity index is 432. The molecule has 0 aliphatic carbocycles. The predicted octanol–water partition coefficient (Wildman–Crippen LogP) is 1.09. The predicted molar refractivity (Wildman–Crippen MR) is 95.9 cm³/mol. The number of aliphatic imine (C=N–C) groups is 1. The molecule has 0 atom stereocenters. The molecule has 1 aromatic rings. The highest BCUT2D eigenvalue weighted by atomic mass is 32.1. The summed E-state index contributed by atoms with van der Waals surface area (Å²) >= 11 is 1.81. The SMILES string of the molecule is CN=C(NCCc1cccs1)NCCN1CCCN(C)CC1. The van der Waals surface area contributed by atoms with E-state index in [1.54, 1.807) is 0 Å². The van der Waals surface area contributed by atoms with Crippen molar-refractivity contribution in [3.8, 4) is 0 Å². The van der Waals surface area contributed by atoms with E-state index >= 15 is 0 Å². The van der Waals surface area contributed by atoms with Crippen molar-refractivity contribution in [2.45, 2.75) is 12.8 Å². The molecule has 1 fully saturated rings. The van der Waals surface area contributed by atoms with Crippen molar-refractivity contribution in [3.05, 3.63) is 22.4 Å². The van der Waals surface area contributed by atoms with Gasteiger partial charge < -0.3 is 20.4 Å². The molecule has 6 heteroatoms. The van der Waals surface area contributed by atoms with Crippen molar-refractivity contribution in [2.75, 3.05) is 59.9 Å². The molecule has 0 unspecified atom stereocenters. The summed E-state index contributed by atoms with van der Waals surface area (Å²) in [4.78, 5) is 10.7. The number of thiophene rings is 1. The summed E-state index contributed by atoms with van der Waals surface area (Å²) in [6.45, 7) is 7.72. The maximum atomic E-state index is 4.29. The van der Waals surface area contributed by atoms with Crippen molar-refractivity contribution in [1.29, 1.82) is 0 Å². The van der Waals surface area contributed by atoms with Crippen LogP contribution in [0.5, 0.6) is 0 Å². The summed E-state index contributed by atoms with van der Waals surface area (Å²) in [5, 5.41) is 8.93. The van der Waals surface area contributed by atoms with Gasteiger partial charge in [0.15, 0.2) is 5.96 Å². The molecule has 1 aliphatic rings. The molecule has 5 nitrogen and oxygen atoms in total. The maximum absolute atomic E-state index is 4.29. The molecule has 0 bridgehead atoms. The number of nitrogens with one attached hydrogen (secondary N) is 2. The van der Waals surface area contributed by atoms with Crippen LogP contribution in [0.1, 0.15) is 11.3 Å². The quantitative estimate of drug-likeness (QED) is 0.608. The largest absolute Gasteiger partial charge is 0.356 e. The van der Waals surface area contributed by atoms with Crippen LogP contribution in [0.4, 0.5) is 0 Å². The average Bonchev–Trinajstić information content (AvgIpc) is 2.95. The number of rotatable bonds is 6. The van der Waals surface area contributed by atoms with Crippen LogP contribution in [0.2, 0.25) is 0 Å². The third-order valence-electron chi connectivity index (χ3n) is 4.00. The first-order chi connectivity index (χ1) is 10.8. The lowest BCUT2D eigenvalue weighted by Gasteiger charge is -2.21. The average molecular weight is 324 g/mol. The van der Waals surface area contributed by atoms with Gasteiger partial charge in [0.1, 0.15) is 0 Å². The molecule has 124 valence electrons. The van der Waals surface area contributed by atoms with Crippen LogP contribution in [0.3, 0.4) is 0 Å². The van der Waals surface area contributed by atoms with Crippen molar-refractivity contribution in [2.24, 2.45) is 4.99 Å². The van der Waals surface area contributed by atoms with Crippen LogP contribution in [0, 0.1) is 0 Å². The van der Waals surface area contributed by atoms with Crippen LogP contribution in [-0.2, 0) is 6.42 Å². The minimum absolute atomic E-state index is 0.906. The van der Waals surface area contributed by atoms with Gasteiger partial charge in [-0.25, -0.2) is 0 Å². The smallest absolute Gasteiger partial charge is 0.191 e. The van der Waals surface area contributed by atoms with Crippen molar-refractivity contribution in [3.63, 3.8) is 0 Å². The number of hydrogen-bond acceptors (Lipinski definition) is 4. The number of guanidine groups is 1. The van der Waals surface area contributed by atoms with E-state index in [0.29, 0.717) is 0 Å². The van der Waals surface area contributed by atoms with E-state index in [9.17, 15) is 0 Å². The molecular formula is C16H29N5S. The third-order valence-corrected chi connectivity index (χ3v) is 4.94. The van der Waals surface area contributed by atoms with Gasteiger partial charge in [-0.15, -0.1) is 11.3 Å². The first-order valence-corrected chi connectivity index (χ1v) is 9.03. The molecule has 1 aliphatic heterocycles. The maximum Gasteiger partial charge on any atom is 0.191 e. The summed E-state index contributed by atoms with van der Waals surface area (Å²) in [5.74, 6) is 0.906. The van der Waals surface area contributed by atoms with Crippen LogP contribution in [-0.4, -0.2) is 75.7 Å². The van der Waals surface area contributed by atoms with Crippen LogP contribution in [0.15, 0.2) is 22.5 Å². The molecule has 0 spiro atoms.